The Morgan fingerprint density at radius 1 is 1.00 bits per heavy atom. The summed E-state index contributed by atoms with van der Waals surface area (Å²) in [5.41, 5.74) is 2.21. The van der Waals surface area contributed by atoms with Gasteiger partial charge in [0.15, 0.2) is 0 Å². The SMILES string of the molecule is COc1ccccc1C(C)NC(C)c1ccccn1. The standard InChI is InChI=1S/C16H20N2O/c1-12(14-8-4-5-10-16(14)19-3)18-13(2)15-9-6-7-11-17-15/h4-13,18H,1-3H3. The normalized spacial score (nSPS) is 13.8. The number of ether oxygens (including phenoxy) is 1. The molecule has 3 heteroatoms. The molecule has 0 aliphatic carbocycles. The zero-order valence-corrected chi connectivity index (χ0v) is 11.6. The number of hydrogen-bond acceptors (Lipinski definition) is 3. The highest BCUT2D eigenvalue weighted by Crippen LogP contribution is 2.26. The van der Waals surface area contributed by atoms with Gasteiger partial charge in [-0.05, 0) is 32.0 Å². The molecule has 0 saturated carbocycles. The van der Waals surface area contributed by atoms with Gasteiger partial charge < -0.3 is 10.1 Å². The van der Waals surface area contributed by atoms with Crippen molar-refractivity contribution in [1.82, 2.24) is 10.3 Å². The first-order chi connectivity index (χ1) is 9.22. The lowest BCUT2D eigenvalue weighted by atomic mass is 10.1. The second-order valence-corrected chi connectivity index (χ2v) is 4.61. The van der Waals surface area contributed by atoms with Crippen molar-refractivity contribution >= 4 is 0 Å². The van der Waals surface area contributed by atoms with Gasteiger partial charge in [-0.2, -0.15) is 0 Å². The molecular weight excluding hydrogens is 236 g/mol. The van der Waals surface area contributed by atoms with Gasteiger partial charge in [-0.1, -0.05) is 24.3 Å². The highest BCUT2D eigenvalue weighted by Gasteiger charge is 2.14. The summed E-state index contributed by atoms with van der Waals surface area (Å²) in [6, 6.07) is 14.5. The zero-order chi connectivity index (χ0) is 13.7. The molecule has 0 aliphatic heterocycles. The van der Waals surface area contributed by atoms with Crippen LogP contribution < -0.4 is 10.1 Å². The van der Waals surface area contributed by atoms with Gasteiger partial charge in [-0.25, -0.2) is 0 Å². The van der Waals surface area contributed by atoms with Gasteiger partial charge in [0.1, 0.15) is 5.75 Å². The Kier molecular flexibility index (Phi) is 4.53. The maximum atomic E-state index is 5.40. The van der Waals surface area contributed by atoms with Gasteiger partial charge in [0.05, 0.1) is 12.8 Å². The molecule has 0 spiro atoms. The second-order valence-electron chi connectivity index (χ2n) is 4.61. The van der Waals surface area contributed by atoms with Gasteiger partial charge in [0, 0.05) is 23.8 Å². The topological polar surface area (TPSA) is 34.1 Å². The largest absolute Gasteiger partial charge is 0.496 e. The number of methoxy groups -OCH3 is 1. The highest BCUT2D eigenvalue weighted by atomic mass is 16.5. The van der Waals surface area contributed by atoms with E-state index >= 15 is 0 Å². The van der Waals surface area contributed by atoms with E-state index in [1.54, 1.807) is 7.11 Å². The second kappa shape index (κ2) is 6.34. The molecule has 100 valence electrons. The van der Waals surface area contributed by atoms with Crippen LogP contribution in [0.15, 0.2) is 48.7 Å². The Morgan fingerprint density at radius 3 is 2.42 bits per heavy atom. The van der Waals surface area contributed by atoms with Crippen molar-refractivity contribution in [2.45, 2.75) is 25.9 Å². The van der Waals surface area contributed by atoms with Crippen LogP contribution in [0, 0.1) is 0 Å². The highest BCUT2D eigenvalue weighted by molar-refractivity contribution is 5.35. The summed E-state index contributed by atoms with van der Waals surface area (Å²) in [5, 5.41) is 3.54. The van der Waals surface area contributed by atoms with Crippen LogP contribution in [-0.2, 0) is 0 Å². The third-order valence-corrected chi connectivity index (χ3v) is 3.24. The van der Waals surface area contributed by atoms with E-state index in [9.17, 15) is 0 Å². The maximum Gasteiger partial charge on any atom is 0.123 e. The van der Waals surface area contributed by atoms with Crippen molar-refractivity contribution in [2.75, 3.05) is 7.11 Å². The molecule has 1 aromatic heterocycles. The van der Waals surface area contributed by atoms with Gasteiger partial charge in [0.25, 0.3) is 0 Å². The molecular formula is C16H20N2O. The molecule has 1 heterocycles. The molecule has 1 aromatic carbocycles. The van der Waals surface area contributed by atoms with Gasteiger partial charge in [-0.15, -0.1) is 0 Å². The van der Waals surface area contributed by atoms with E-state index < -0.39 is 0 Å². The van der Waals surface area contributed by atoms with Crippen LogP contribution >= 0.6 is 0 Å². The van der Waals surface area contributed by atoms with E-state index in [1.165, 1.54) is 0 Å². The fourth-order valence-electron chi connectivity index (χ4n) is 2.21. The Morgan fingerprint density at radius 2 is 1.74 bits per heavy atom. The first-order valence-corrected chi connectivity index (χ1v) is 6.52. The molecule has 3 nitrogen and oxygen atoms in total. The lowest BCUT2D eigenvalue weighted by Crippen LogP contribution is -2.23. The summed E-state index contributed by atoms with van der Waals surface area (Å²) in [4.78, 5) is 4.37. The van der Waals surface area contributed by atoms with Crippen LogP contribution in [0.4, 0.5) is 0 Å². The minimum absolute atomic E-state index is 0.195. The first-order valence-electron chi connectivity index (χ1n) is 6.52. The molecule has 0 aliphatic rings. The number of nitrogens with zero attached hydrogens (tertiary/aromatic N) is 1. The fourth-order valence-corrected chi connectivity index (χ4v) is 2.21. The summed E-state index contributed by atoms with van der Waals surface area (Å²) >= 11 is 0. The summed E-state index contributed by atoms with van der Waals surface area (Å²) < 4.78 is 5.40. The zero-order valence-electron chi connectivity index (χ0n) is 11.6. The maximum absolute atomic E-state index is 5.40. The molecule has 0 amide bonds. The van der Waals surface area contributed by atoms with Crippen LogP contribution in [-0.4, -0.2) is 12.1 Å². The van der Waals surface area contributed by atoms with Crippen LogP contribution in [0.25, 0.3) is 0 Å². The van der Waals surface area contributed by atoms with E-state index in [-0.39, 0.29) is 12.1 Å². The van der Waals surface area contributed by atoms with Crippen LogP contribution in [0.3, 0.4) is 0 Å². The van der Waals surface area contributed by atoms with E-state index in [4.69, 9.17) is 4.74 Å². The molecule has 0 radical (unpaired) electrons. The van der Waals surface area contributed by atoms with E-state index in [0.29, 0.717) is 0 Å². The molecule has 1 N–H and O–H groups in total. The minimum atomic E-state index is 0.195. The summed E-state index contributed by atoms with van der Waals surface area (Å²) in [7, 11) is 1.70. The van der Waals surface area contributed by atoms with E-state index in [2.05, 4.69) is 30.2 Å². The molecule has 2 unspecified atom stereocenters. The number of para-hydroxylation sites is 1. The average molecular weight is 256 g/mol. The van der Waals surface area contributed by atoms with Gasteiger partial charge >= 0.3 is 0 Å². The number of aromatic nitrogens is 1. The molecule has 0 fully saturated rings. The third-order valence-electron chi connectivity index (χ3n) is 3.24. The summed E-state index contributed by atoms with van der Waals surface area (Å²) in [5.74, 6) is 0.913. The van der Waals surface area contributed by atoms with Gasteiger partial charge in [0.2, 0.25) is 0 Å². The number of pyridine rings is 1. The smallest absolute Gasteiger partial charge is 0.123 e. The number of benzene rings is 1. The monoisotopic (exact) mass is 256 g/mol. The first kappa shape index (κ1) is 13.6. The number of hydrogen-bond donors (Lipinski definition) is 1. The predicted octanol–water partition coefficient (Wildman–Crippen LogP) is 3.50. The van der Waals surface area contributed by atoms with Crippen molar-refractivity contribution in [3.63, 3.8) is 0 Å². The average Bonchev–Trinajstić information content (AvgIpc) is 2.48. The Hall–Kier alpha value is -1.87. The minimum Gasteiger partial charge on any atom is -0.496 e. The van der Waals surface area contributed by atoms with E-state index in [0.717, 1.165) is 17.0 Å². The van der Waals surface area contributed by atoms with Crippen molar-refractivity contribution in [1.29, 1.82) is 0 Å². The van der Waals surface area contributed by atoms with Crippen molar-refractivity contribution < 1.29 is 4.74 Å². The molecule has 2 aromatic rings. The molecule has 19 heavy (non-hydrogen) atoms. The Bertz CT molecular complexity index is 513. The quantitative estimate of drug-likeness (QED) is 0.889. The van der Waals surface area contributed by atoms with Crippen molar-refractivity contribution in [3.8, 4) is 5.75 Å². The van der Waals surface area contributed by atoms with Crippen LogP contribution in [0.2, 0.25) is 0 Å². The fraction of sp³-hybridized carbons (Fsp3) is 0.312. The van der Waals surface area contributed by atoms with Crippen LogP contribution in [0.5, 0.6) is 5.75 Å². The Balaban J connectivity index is 2.11. The van der Waals surface area contributed by atoms with Crippen molar-refractivity contribution in [2.24, 2.45) is 0 Å². The third kappa shape index (κ3) is 3.32. The molecule has 0 bridgehead atoms. The van der Waals surface area contributed by atoms with Gasteiger partial charge in [-0.3, -0.25) is 4.98 Å². The summed E-state index contributed by atoms with van der Waals surface area (Å²) in [6.07, 6.45) is 1.82. The number of rotatable bonds is 5. The lowest BCUT2D eigenvalue weighted by Gasteiger charge is -2.21. The number of nitrogens with one attached hydrogen (secondary N) is 1. The van der Waals surface area contributed by atoms with E-state index in [1.807, 2.05) is 42.6 Å². The predicted molar refractivity (Wildman–Crippen MR) is 77.2 cm³/mol. The molecule has 0 saturated heterocycles. The molecule has 2 rings (SSSR count). The molecule has 2 atom stereocenters. The van der Waals surface area contributed by atoms with Crippen molar-refractivity contribution in [3.05, 3.63) is 59.9 Å². The van der Waals surface area contributed by atoms with Crippen LogP contribution in [0.1, 0.15) is 37.2 Å². The lowest BCUT2D eigenvalue weighted by molar-refractivity contribution is 0.396. The Labute approximate surface area is 114 Å². The summed E-state index contributed by atoms with van der Waals surface area (Å²) in [6.45, 7) is 4.26.